The van der Waals surface area contributed by atoms with Crippen LogP contribution in [0.15, 0.2) is 11.6 Å². The highest BCUT2D eigenvalue weighted by molar-refractivity contribution is 5.82. The van der Waals surface area contributed by atoms with Gasteiger partial charge in [-0.3, -0.25) is 14.4 Å². The van der Waals surface area contributed by atoms with E-state index in [0.717, 1.165) is 86.9 Å². The lowest BCUT2D eigenvalue weighted by Crippen LogP contribution is -2.51. The third kappa shape index (κ3) is 8.64. The smallest absolute Gasteiger partial charge is 0.306 e. The fraction of sp³-hybridized carbons (Fsp3) is 0.875. The van der Waals surface area contributed by atoms with Crippen LogP contribution in [0.1, 0.15) is 164 Å². The molecule has 4 aliphatic rings. The zero-order valence-corrected chi connectivity index (χ0v) is 29.8. The van der Waals surface area contributed by atoms with Crippen molar-refractivity contribution in [1.82, 2.24) is 0 Å². The van der Waals surface area contributed by atoms with E-state index in [-0.39, 0.29) is 47.9 Å². The molecule has 9 atom stereocenters. The Bertz CT molecular complexity index is 1050. The number of rotatable bonds is 17. The number of allylic oxidation sites excluding steroid dienone is 1. The molecule has 0 aromatic rings. The number of hydrogen-bond acceptors (Lipinski definition) is 4. The topological polar surface area (TPSA) is 86.5 Å². The Morgan fingerprint density at radius 2 is 1.67 bits per heavy atom. The molecule has 3 saturated carbocycles. The van der Waals surface area contributed by atoms with E-state index in [0.29, 0.717) is 11.8 Å². The predicted molar refractivity (Wildman–Crippen MR) is 183 cm³/mol. The van der Waals surface area contributed by atoms with Gasteiger partial charge in [0.15, 0.2) is 0 Å². The largest absolute Gasteiger partial charge is 0.462 e. The van der Waals surface area contributed by atoms with Crippen LogP contribution in [0, 0.1) is 52.3 Å². The number of esters is 1. The van der Waals surface area contributed by atoms with Gasteiger partial charge in [0, 0.05) is 25.2 Å². The lowest BCUT2D eigenvalue weighted by molar-refractivity contribution is -0.152. The standard InChI is InChI=1S/C40H67NO4/c1-7-29(38(41)44)14-9-8-10-15-31(42)17-21-37(43)45-32-22-24-39(5)30(26-32)16-18-33-35-20-19-34(28(4)13-11-12-27(2)3)40(35,6)25-23-36(33)39/h16,27-29,32-36H,7-15,17-26H2,1-6H3,(H2,41,44). The van der Waals surface area contributed by atoms with E-state index < -0.39 is 0 Å². The van der Waals surface area contributed by atoms with Gasteiger partial charge in [0.05, 0.1) is 6.42 Å². The molecule has 0 radical (unpaired) electrons. The lowest BCUT2D eigenvalue weighted by Gasteiger charge is -2.58. The molecule has 2 N–H and O–H groups in total. The van der Waals surface area contributed by atoms with Crippen molar-refractivity contribution in [3.63, 3.8) is 0 Å². The summed E-state index contributed by atoms with van der Waals surface area (Å²) < 4.78 is 5.97. The molecular weight excluding hydrogens is 558 g/mol. The van der Waals surface area contributed by atoms with Gasteiger partial charge in [-0.15, -0.1) is 0 Å². The predicted octanol–water partition coefficient (Wildman–Crippen LogP) is 9.75. The average molecular weight is 626 g/mol. The minimum atomic E-state index is -0.227. The van der Waals surface area contributed by atoms with E-state index in [2.05, 4.69) is 40.7 Å². The minimum Gasteiger partial charge on any atom is -0.462 e. The number of amides is 1. The van der Waals surface area contributed by atoms with Crippen LogP contribution in [0.5, 0.6) is 0 Å². The second-order valence-electron chi connectivity index (χ2n) is 16.8. The summed E-state index contributed by atoms with van der Waals surface area (Å²) in [4.78, 5) is 36.5. The molecule has 0 bridgehead atoms. The number of Topliss-reactive ketones (excluding diaryl/α,β-unsaturated/α-hetero) is 1. The summed E-state index contributed by atoms with van der Waals surface area (Å²) in [6.45, 7) is 14.5. The maximum absolute atomic E-state index is 12.7. The number of ether oxygens (including phenoxy) is 1. The second-order valence-corrected chi connectivity index (χ2v) is 16.8. The molecule has 4 rings (SSSR count). The zero-order chi connectivity index (χ0) is 32.8. The summed E-state index contributed by atoms with van der Waals surface area (Å²) in [5.41, 5.74) is 7.72. The summed E-state index contributed by atoms with van der Waals surface area (Å²) in [7, 11) is 0. The number of primary amides is 1. The molecular formula is C40H67NO4. The fourth-order valence-corrected chi connectivity index (χ4v) is 10.8. The van der Waals surface area contributed by atoms with E-state index in [1.165, 1.54) is 51.4 Å². The third-order valence-electron chi connectivity index (χ3n) is 13.6. The Balaban J connectivity index is 1.22. The number of unbranched alkanes of at least 4 members (excludes halogenated alkanes) is 2. The van der Waals surface area contributed by atoms with Crippen LogP contribution in [-0.4, -0.2) is 23.8 Å². The first-order valence-electron chi connectivity index (χ1n) is 19.1. The molecule has 5 heteroatoms. The number of carbonyl (C=O) groups excluding carboxylic acids is 3. The Hall–Kier alpha value is -1.65. The molecule has 9 unspecified atom stereocenters. The molecule has 0 saturated heterocycles. The third-order valence-corrected chi connectivity index (χ3v) is 13.6. The summed E-state index contributed by atoms with van der Waals surface area (Å²) >= 11 is 0. The average Bonchev–Trinajstić information content (AvgIpc) is 3.35. The van der Waals surface area contributed by atoms with E-state index in [4.69, 9.17) is 10.5 Å². The zero-order valence-electron chi connectivity index (χ0n) is 29.8. The highest BCUT2D eigenvalue weighted by atomic mass is 16.5. The maximum atomic E-state index is 12.7. The van der Waals surface area contributed by atoms with Gasteiger partial charge in [-0.05, 0) is 111 Å². The Labute approximate surface area is 275 Å². The van der Waals surface area contributed by atoms with Crippen molar-refractivity contribution in [2.24, 2.45) is 58.0 Å². The van der Waals surface area contributed by atoms with Crippen molar-refractivity contribution in [2.45, 2.75) is 170 Å². The monoisotopic (exact) mass is 626 g/mol. The van der Waals surface area contributed by atoms with Gasteiger partial charge in [-0.25, -0.2) is 0 Å². The molecule has 0 heterocycles. The molecule has 1 amide bonds. The number of fused-ring (bicyclic) bond motifs is 5. The van der Waals surface area contributed by atoms with Gasteiger partial charge in [0.1, 0.15) is 11.9 Å². The first-order valence-corrected chi connectivity index (χ1v) is 19.1. The number of nitrogens with two attached hydrogens (primary N) is 1. The minimum absolute atomic E-state index is 0.0448. The van der Waals surface area contributed by atoms with Gasteiger partial charge in [0.2, 0.25) is 5.91 Å². The molecule has 5 nitrogen and oxygen atoms in total. The van der Waals surface area contributed by atoms with Crippen molar-refractivity contribution < 1.29 is 19.1 Å². The van der Waals surface area contributed by atoms with Crippen LogP contribution >= 0.6 is 0 Å². The molecule has 4 aliphatic carbocycles. The van der Waals surface area contributed by atoms with E-state index >= 15 is 0 Å². The van der Waals surface area contributed by atoms with E-state index in [1.807, 2.05) is 6.92 Å². The van der Waals surface area contributed by atoms with Crippen molar-refractivity contribution in [3.05, 3.63) is 11.6 Å². The molecule has 256 valence electrons. The van der Waals surface area contributed by atoms with Gasteiger partial charge in [-0.2, -0.15) is 0 Å². The van der Waals surface area contributed by atoms with Crippen LogP contribution in [-0.2, 0) is 19.1 Å². The quantitative estimate of drug-likeness (QED) is 0.0990. The van der Waals surface area contributed by atoms with Crippen molar-refractivity contribution in [2.75, 3.05) is 0 Å². The molecule has 3 fully saturated rings. The van der Waals surface area contributed by atoms with Crippen molar-refractivity contribution >= 4 is 17.7 Å². The lowest BCUT2D eigenvalue weighted by atomic mass is 9.47. The Kier molecular flexibility index (Phi) is 12.8. The first-order chi connectivity index (χ1) is 21.4. The Morgan fingerprint density at radius 3 is 2.38 bits per heavy atom. The van der Waals surface area contributed by atoms with Crippen LogP contribution in [0.4, 0.5) is 0 Å². The summed E-state index contributed by atoms with van der Waals surface area (Å²) in [5.74, 6) is 4.61. The van der Waals surface area contributed by atoms with Crippen molar-refractivity contribution in [1.29, 1.82) is 0 Å². The van der Waals surface area contributed by atoms with Gasteiger partial charge in [0.25, 0.3) is 0 Å². The first kappa shape index (κ1) is 36.2. The molecule has 0 aliphatic heterocycles. The fourth-order valence-electron chi connectivity index (χ4n) is 10.8. The summed E-state index contributed by atoms with van der Waals surface area (Å²) in [5, 5.41) is 0. The van der Waals surface area contributed by atoms with Gasteiger partial charge < -0.3 is 10.5 Å². The van der Waals surface area contributed by atoms with Crippen molar-refractivity contribution in [3.8, 4) is 0 Å². The van der Waals surface area contributed by atoms with E-state index in [9.17, 15) is 14.4 Å². The van der Waals surface area contributed by atoms with Gasteiger partial charge in [-0.1, -0.05) is 85.3 Å². The van der Waals surface area contributed by atoms with Crippen LogP contribution in [0.2, 0.25) is 0 Å². The van der Waals surface area contributed by atoms with E-state index in [1.54, 1.807) is 5.57 Å². The van der Waals surface area contributed by atoms with Crippen LogP contribution < -0.4 is 5.73 Å². The normalized spacial score (nSPS) is 33.8. The van der Waals surface area contributed by atoms with Gasteiger partial charge >= 0.3 is 5.97 Å². The highest BCUT2D eigenvalue weighted by Crippen LogP contribution is 2.67. The number of ketones is 1. The van der Waals surface area contributed by atoms with Crippen LogP contribution in [0.25, 0.3) is 0 Å². The Morgan fingerprint density at radius 1 is 0.889 bits per heavy atom. The number of hydrogen-bond donors (Lipinski definition) is 1. The highest BCUT2D eigenvalue weighted by Gasteiger charge is 2.59. The second kappa shape index (κ2) is 16.0. The molecule has 45 heavy (non-hydrogen) atoms. The summed E-state index contributed by atoms with van der Waals surface area (Å²) in [6, 6.07) is 0. The maximum Gasteiger partial charge on any atom is 0.306 e. The number of carbonyl (C=O) groups is 3. The molecule has 0 spiro atoms. The van der Waals surface area contributed by atoms with Crippen LogP contribution in [0.3, 0.4) is 0 Å². The summed E-state index contributed by atoms with van der Waals surface area (Å²) in [6.07, 6.45) is 21.6. The molecule has 0 aromatic heterocycles. The SMILES string of the molecule is CCC(CCCCCC(=O)CCC(=O)OC1CCC2(C)C(=CCC3C2CCC2(C)C(C(C)CCCC(C)C)CCC32)C1)C(N)=O. The molecule has 0 aromatic carbocycles.